The number of hydrogen-bond donors (Lipinski definition) is 1. The molecule has 6 nitrogen and oxygen atoms in total. The molecule has 1 spiro atoms. The Morgan fingerprint density at radius 2 is 1.92 bits per heavy atom. The zero-order valence-electron chi connectivity index (χ0n) is 13.2. The van der Waals surface area contributed by atoms with E-state index >= 15 is 0 Å². The molecule has 4 rings (SSSR count). The summed E-state index contributed by atoms with van der Waals surface area (Å²) in [5, 5.41) is 3.56. The Hall–Kier alpha value is -2.63. The summed E-state index contributed by atoms with van der Waals surface area (Å²) in [6, 6.07) is 8.65. The van der Waals surface area contributed by atoms with Crippen LogP contribution in [0.4, 0.5) is 0 Å². The van der Waals surface area contributed by atoms with Crippen LogP contribution in [0.25, 0.3) is 11.0 Å². The maximum absolute atomic E-state index is 13.1. The van der Waals surface area contributed by atoms with Crippen molar-refractivity contribution in [3.8, 4) is 0 Å². The van der Waals surface area contributed by atoms with Gasteiger partial charge in [-0.1, -0.05) is 31.0 Å². The smallest absolute Gasteiger partial charge is 0.349 e. The van der Waals surface area contributed by atoms with Gasteiger partial charge in [0.05, 0.1) is 0 Å². The number of carbonyl (C=O) groups is 2. The number of nitrogens with zero attached hydrogens (tertiary/aromatic N) is 1. The highest BCUT2D eigenvalue weighted by molar-refractivity contribution is 6.01. The third-order valence-corrected chi connectivity index (χ3v) is 5.11. The molecule has 1 saturated carbocycles. The lowest BCUT2D eigenvalue weighted by Crippen LogP contribution is -2.65. The van der Waals surface area contributed by atoms with E-state index in [1.807, 2.05) is 6.07 Å². The minimum atomic E-state index is -0.812. The summed E-state index contributed by atoms with van der Waals surface area (Å²) in [7, 11) is 0. The normalized spacial score (nSPS) is 19.7. The Morgan fingerprint density at radius 3 is 2.71 bits per heavy atom. The van der Waals surface area contributed by atoms with E-state index in [0.717, 1.165) is 12.8 Å². The molecule has 0 radical (unpaired) electrons. The second-order valence-corrected chi connectivity index (χ2v) is 6.44. The molecule has 1 aliphatic heterocycles. The zero-order valence-corrected chi connectivity index (χ0v) is 13.2. The SMILES string of the molecule is O=C(c1cc2ccccc2oc1=O)N1CCNC(=O)C12CCCC2. The van der Waals surface area contributed by atoms with Crippen molar-refractivity contribution >= 4 is 22.8 Å². The van der Waals surface area contributed by atoms with Crippen LogP contribution in [0.15, 0.2) is 39.5 Å². The van der Waals surface area contributed by atoms with E-state index in [4.69, 9.17) is 4.42 Å². The fraction of sp³-hybridized carbons (Fsp3) is 0.389. The van der Waals surface area contributed by atoms with Gasteiger partial charge in [0.15, 0.2) is 0 Å². The molecule has 1 saturated heterocycles. The van der Waals surface area contributed by atoms with Gasteiger partial charge in [-0.25, -0.2) is 4.79 Å². The minimum absolute atomic E-state index is 0.00493. The average Bonchev–Trinajstić information content (AvgIpc) is 3.07. The number of benzene rings is 1. The largest absolute Gasteiger partial charge is 0.422 e. The van der Waals surface area contributed by atoms with E-state index in [9.17, 15) is 14.4 Å². The fourth-order valence-corrected chi connectivity index (χ4v) is 3.89. The predicted molar refractivity (Wildman–Crippen MR) is 87.7 cm³/mol. The Balaban J connectivity index is 1.79. The maximum atomic E-state index is 13.1. The van der Waals surface area contributed by atoms with Crippen molar-refractivity contribution < 1.29 is 14.0 Å². The lowest BCUT2D eigenvalue weighted by atomic mass is 9.91. The van der Waals surface area contributed by atoms with Crippen molar-refractivity contribution in [1.82, 2.24) is 10.2 Å². The second-order valence-electron chi connectivity index (χ2n) is 6.44. The molecule has 24 heavy (non-hydrogen) atoms. The topological polar surface area (TPSA) is 79.6 Å². The van der Waals surface area contributed by atoms with Gasteiger partial charge in [-0.3, -0.25) is 9.59 Å². The van der Waals surface area contributed by atoms with E-state index in [1.165, 1.54) is 0 Å². The molecule has 1 aromatic carbocycles. The molecule has 2 aliphatic rings. The van der Waals surface area contributed by atoms with Crippen LogP contribution in [0, 0.1) is 0 Å². The second kappa shape index (κ2) is 5.47. The van der Waals surface area contributed by atoms with Gasteiger partial charge in [0.25, 0.3) is 5.91 Å². The Bertz CT molecular complexity index is 880. The number of nitrogens with one attached hydrogen (secondary N) is 1. The summed E-state index contributed by atoms with van der Waals surface area (Å²) in [6.45, 7) is 0.822. The molecular formula is C18H18N2O4. The molecule has 1 aromatic heterocycles. The Labute approximate surface area is 138 Å². The highest BCUT2D eigenvalue weighted by Gasteiger charge is 2.50. The van der Waals surface area contributed by atoms with Crippen LogP contribution >= 0.6 is 0 Å². The summed E-state index contributed by atoms with van der Waals surface area (Å²) in [5.74, 6) is -0.518. The summed E-state index contributed by atoms with van der Waals surface area (Å²) >= 11 is 0. The first-order valence-electron chi connectivity index (χ1n) is 8.25. The highest BCUT2D eigenvalue weighted by Crippen LogP contribution is 2.37. The third-order valence-electron chi connectivity index (χ3n) is 5.11. The van der Waals surface area contributed by atoms with Crippen molar-refractivity contribution in [2.24, 2.45) is 0 Å². The van der Waals surface area contributed by atoms with Crippen LogP contribution < -0.4 is 10.9 Å². The monoisotopic (exact) mass is 326 g/mol. The van der Waals surface area contributed by atoms with Gasteiger partial charge >= 0.3 is 5.63 Å². The van der Waals surface area contributed by atoms with Crippen LogP contribution in [-0.2, 0) is 4.79 Å². The van der Waals surface area contributed by atoms with E-state index in [-0.39, 0.29) is 11.5 Å². The zero-order chi connectivity index (χ0) is 16.7. The molecule has 1 N–H and O–H groups in total. The van der Waals surface area contributed by atoms with Gasteiger partial charge in [0.1, 0.15) is 16.7 Å². The first-order chi connectivity index (χ1) is 11.6. The van der Waals surface area contributed by atoms with E-state index < -0.39 is 17.1 Å². The molecular weight excluding hydrogens is 308 g/mol. The number of para-hydroxylation sites is 1. The van der Waals surface area contributed by atoms with E-state index in [1.54, 1.807) is 29.2 Å². The number of amides is 2. The van der Waals surface area contributed by atoms with Gasteiger partial charge in [0, 0.05) is 18.5 Å². The molecule has 0 unspecified atom stereocenters. The predicted octanol–water partition coefficient (Wildman–Crippen LogP) is 1.68. The molecule has 0 bridgehead atoms. The molecule has 124 valence electrons. The van der Waals surface area contributed by atoms with Crippen LogP contribution in [0.5, 0.6) is 0 Å². The standard InChI is InChI=1S/C18H18N2O4/c21-15(13-11-12-5-1-2-6-14(12)24-16(13)22)20-10-9-19-17(23)18(20)7-3-4-8-18/h1-2,5-6,11H,3-4,7-10H2,(H,19,23). The van der Waals surface area contributed by atoms with Crippen molar-refractivity contribution in [3.63, 3.8) is 0 Å². The minimum Gasteiger partial charge on any atom is -0.422 e. The van der Waals surface area contributed by atoms with Crippen LogP contribution in [0.1, 0.15) is 36.0 Å². The molecule has 6 heteroatoms. The van der Waals surface area contributed by atoms with Gasteiger partial charge in [-0.05, 0) is 25.0 Å². The molecule has 2 amide bonds. The quantitative estimate of drug-likeness (QED) is 0.809. The van der Waals surface area contributed by atoms with Gasteiger partial charge in [-0.2, -0.15) is 0 Å². The summed E-state index contributed by atoms with van der Waals surface area (Å²) in [6.07, 6.45) is 3.10. The van der Waals surface area contributed by atoms with Crippen molar-refractivity contribution in [3.05, 3.63) is 46.3 Å². The van der Waals surface area contributed by atoms with Gasteiger partial charge in [0.2, 0.25) is 5.91 Å². The average molecular weight is 326 g/mol. The number of rotatable bonds is 1. The summed E-state index contributed by atoms with van der Waals surface area (Å²) < 4.78 is 5.28. The van der Waals surface area contributed by atoms with Gasteiger partial charge in [-0.15, -0.1) is 0 Å². The maximum Gasteiger partial charge on any atom is 0.349 e. The number of hydrogen-bond acceptors (Lipinski definition) is 4. The number of fused-ring (bicyclic) bond motifs is 1. The first-order valence-corrected chi connectivity index (χ1v) is 8.25. The molecule has 2 fully saturated rings. The Morgan fingerprint density at radius 1 is 1.17 bits per heavy atom. The van der Waals surface area contributed by atoms with Crippen LogP contribution in [-0.4, -0.2) is 35.3 Å². The van der Waals surface area contributed by atoms with Crippen LogP contribution in [0.3, 0.4) is 0 Å². The number of carbonyl (C=O) groups excluding carboxylic acids is 2. The third kappa shape index (κ3) is 2.13. The van der Waals surface area contributed by atoms with Crippen molar-refractivity contribution in [2.45, 2.75) is 31.2 Å². The van der Waals surface area contributed by atoms with E-state index in [2.05, 4.69) is 5.32 Å². The highest BCUT2D eigenvalue weighted by atomic mass is 16.4. The fourth-order valence-electron chi connectivity index (χ4n) is 3.89. The molecule has 0 atom stereocenters. The first kappa shape index (κ1) is 14.9. The summed E-state index contributed by atoms with van der Waals surface area (Å²) in [5.41, 5.74) is -1.02. The van der Waals surface area contributed by atoms with Gasteiger partial charge < -0.3 is 14.6 Å². The molecule has 1 aliphatic carbocycles. The lowest BCUT2D eigenvalue weighted by molar-refractivity contribution is -0.134. The van der Waals surface area contributed by atoms with Crippen LogP contribution in [0.2, 0.25) is 0 Å². The van der Waals surface area contributed by atoms with Crippen molar-refractivity contribution in [2.75, 3.05) is 13.1 Å². The summed E-state index contributed by atoms with van der Waals surface area (Å²) in [4.78, 5) is 39.4. The number of piperazine rings is 1. The Kier molecular flexibility index (Phi) is 3.40. The molecule has 2 aromatic rings. The van der Waals surface area contributed by atoms with E-state index in [0.29, 0.717) is 36.9 Å². The lowest BCUT2D eigenvalue weighted by Gasteiger charge is -2.43. The van der Waals surface area contributed by atoms with Crippen molar-refractivity contribution in [1.29, 1.82) is 0 Å². The molecule has 2 heterocycles.